The summed E-state index contributed by atoms with van der Waals surface area (Å²) in [6.45, 7) is 0.117. The Balaban J connectivity index is 2.16. The van der Waals surface area contributed by atoms with Crippen LogP contribution in [0.25, 0.3) is 0 Å². The van der Waals surface area contributed by atoms with Gasteiger partial charge in [0.05, 0.1) is 5.56 Å². The van der Waals surface area contributed by atoms with E-state index < -0.39 is 11.7 Å². The minimum Gasteiger partial charge on any atom is -0.277 e. The van der Waals surface area contributed by atoms with Crippen molar-refractivity contribution < 1.29 is 13.2 Å². The Hall–Kier alpha value is -2.88. The lowest BCUT2D eigenvalue weighted by Gasteiger charge is -2.12. The monoisotopic (exact) mass is 318 g/mol. The van der Waals surface area contributed by atoms with Crippen molar-refractivity contribution in [2.75, 3.05) is 6.54 Å². The number of rotatable bonds is 4. The van der Waals surface area contributed by atoms with E-state index in [0.29, 0.717) is 5.56 Å². The standard InChI is InChI=1S/C16H13F3N4/c17-16(18,19)14-6-2-1-4-12(14)7-9-22-15(23-11-20)13-5-3-8-21-10-13/h1-6,8,10H,7,9H2,(H,22,23). The number of alkyl halides is 3. The predicted octanol–water partition coefficient (Wildman–Crippen LogP) is 3.16. The first kappa shape index (κ1) is 16.5. The van der Waals surface area contributed by atoms with Crippen molar-refractivity contribution in [2.45, 2.75) is 12.6 Å². The van der Waals surface area contributed by atoms with E-state index in [9.17, 15) is 13.2 Å². The molecule has 0 saturated heterocycles. The molecule has 4 nitrogen and oxygen atoms in total. The zero-order chi connectivity index (χ0) is 16.7. The molecule has 2 aromatic rings. The molecule has 23 heavy (non-hydrogen) atoms. The number of aliphatic imine (C=N–C) groups is 1. The molecule has 0 atom stereocenters. The maximum absolute atomic E-state index is 12.9. The number of aromatic nitrogens is 1. The van der Waals surface area contributed by atoms with Gasteiger partial charge in [-0.25, -0.2) is 0 Å². The van der Waals surface area contributed by atoms with Crippen LogP contribution in [-0.4, -0.2) is 17.4 Å². The van der Waals surface area contributed by atoms with Crippen LogP contribution >= 0.6 is 0 Å². The van der Waals surface area contributed by atoms with Crippen molar-refractivity contribution in [1.29, 1.82) is 5.26 Å². The van der Waals surface area contributed by atoms with Crippen LogP contribution in [0.2, 0.25) is 0 Å². The maximum atomic E-state index is 12.9. The van der Waals surface area contributed by atoms with E-state index in [2.05, 4.69) is 15.3 Å². The molecule has 0 spiro atoms. The lowest BCUT2D eigenvalue weighted by Crippen LogP contribution is -2.20. The number of hydrogen-bond donors (Lipinski definition) is 1. The normalized spacial score (nSPS) is 11.8. The highest BCUT2D eigenvalue weighted by molar-refractivity contribution is 5.99. The van der Waals surface area contributed by atoms with Crippen molar-refractivity contribution in [3.63, 3.8) is 0 Å². The van der Waals surface area contributed by atoms with Crippen LogP contribution in [0.4, 0.5) is 13.2 Å². The highest BCUT2D eigenvalue weighted by Gasteiger charge is 2.32. The molecular weight excluding hydrogens is 305 g/mol. The Morgan fingerprint density at radius 3 is 2.65 bits per heavy atom. The second kappa shape index (κ2) is 7.40. The Labute approximate surface area is 131 Å². The van der Waals surface area contributed by atoms with Gasteiger partial charge in [-0.15, -0.1) is 0 Å². The molecule has 0 aliphatic rings. The van der Waals surface area contributed by atoms with Crippen molar-refractivity contribution >= 4 is 5.84 Å². The smallest absolute Gasteiger partial charge is 0.277 e. The van der Waals surface area contributed by atoms with E-state index >= 15 is 0 Å². The van der Waals surface area contributed by atoms with Crippen LogP contribution in [-0.2, 0) is 12.6 Å². The second-order valence-electron chi connectivity index (χ2n) is 4.61. The summed E-state index contributed by atoms with van der Waals surface area (Å²) < 4.78 is 38.8. The summed E-state index contributed by atoms with van der Waals surface area (Å²) in [5.41, 5.74) is 0.107. The van der Waals surface area contributed by atoms with Gasteiger partial charge in [0.1, 0.15) is 5.84 Å². The summed E-state index contributed by atoms with van der Waals surface area (Å²) in [5.74, 6) is 0.282. The number of pyridine rings is 1. The molecule has 7 heteroatoms. The fourth-order valence-corrected chi connectivity index (χ4v) is 2.06. The lowest BCUT2D eigenvalue weighted by atomic mass is 10.0. The van der Waals surface area contributed by atoms with Crippen LogP contribution in [0.5, 0.6) is 0 Å². The molecular formula is C16H13F3N4. The molecule has 0 fully saturated rings. The van der Waals surface area contributed by atoms with Crippen molar-refractivity contribution in [3.05, 3.63) is 65.5 Å². The number of nitrogens with zero attached hydrogens (tertiary/aromatic N) is 3. The van der Waals surface area contributed by atoms with Gasteiger partial charge in [0, 0.05) is 24.5 Å². The zero-order valence-corrected chi connectivity index (χ0v) is 12.0. The van der Waals surface area contributed by atoms with Crippen molar-refractivity contribution in [3.8, 4) is 6.19 Å². The highest BCUT2D eigenvalue weighted by Crippen LogP contribution is 2.31. The summed E-state index contributed by atoms with van der Waals surface area (Å²) in [5, 5.41) is 11.2. The van der Waals surface area contributed by atoms with Gasteiger partial charge >= 0.3 is 6.18 Å². The molecule has 2 rings (SSSR count). The summed E-state index contributed by atoms with van der Waals surface area (Å²) in [6, 6.07) is 8.79. The van der Waals surface area contributed by atoms with Crippen molar-refractivity contribution in [2.24, 2.45) is 4.99 Å². The lowest BCUT2D eigenvalue weighted by molar-refractivity contribution is -0.138. The molecule has 0 radical (unpaired) electrons. The molecule has 0 unspecified atom stereocenters. The van der Waals surface area contributed by atoms with E-state index in [1.807, 2.05) is 0 Å². The van der Waals surface area contributed by atoms with Crippen LogP contribution in [0, 0.1) is 11.5 Å². The first-order valence-electron chi connectivity index (χ1n) is 6.77. The Kier molecular flexibility index (Phi) is 5.31. The predicted molar refractivity (Wildman–Crippen MR) is 79.5 cm³/mol. The Morgan fingerprint density at radius 2 is 2.00 bits per heavy atom. The third-order valence-corrected chi connectivity index (χ3v) is 3.08. The summed E-state index contributed by atoms with van der Waals surface area (Å²) in [7, 11) is 0. The third-order valence-electron chi connectivity index (χ3n) is 3.08. The zero-order valence-electron chi connectivity index (χ0n) is 12.0. The molecule has 1 heterocycles. The molecule has 1 aromatic heterocycles. The molecule has 118 valence electrons. The van der Waals surface area contributed by atoms with Gasteiger partial charge in [-0.3, -0.25) is 15.3 Å². The highest BCUT2D eigenvalue weighted by atomic mass is 19.4. The average molecular weight is 318 g/mol. The number of benzene rings is 1. The third kappa shape index (κ3) is 4.54. The first-order chi connectivity index (χ1) is 11.0. The molecule has 0 saturated carbocycles. The van der Waals surface area contributed by atoms with Gasteiger partial charge in [-0.2, -0.15) is 18.4 Å². The van der Waals surface area contributed by atoms with Crippen LogP contribution in [0.1, 0.15) is 16.7 Å². The van der Waals surface area contributed by atoms with Gasteiger partial charge in [-0.05, 0) is 30.2 Å². The van der Waals surface area contributed by atoms with Gasteiger partial charge in [0.2, 0.25) is 0 Å². The number of hydrogen-bond acceptors (Lipinski definition) is 3. The molecule has 0 amide bonds. The van der Waals surface area contributed by atoms with E-state index in [1.54, 1.807) is 30.6 Å². The fraction of sp³-hybridized carbons (Fsp3) is 0.188. The molecule has 0 aliphatic carbocycles. The van der Waals surface area contributed by atoms with E-state index in [4.69, 9.17) is 5.26 Å². The summed E-state index contributed by atoms with van der Waals surface area (Å²) in [6.07, 6.45) is 0.585. The SMILES string of the molecule is N#CNC(=NCCc1ccccc1C(F)(F)F)c1cccnc1. The van der Waals surface area contributed by atoms with E-state index in [-0.39, 0.29) is 24.4 Å². The van der Waals surface area contributed by atoms with E-state index in [0.717, 1.165) is 6.07 Å². The van der Waals surface area contributed by atoms with Gasteiger partial charge in [0.15, 0.2) is 6.19 Å². The topological polar surface area (TPSA) is 61.1 Å². The summed E-state index contributed by atoms with van der Waals surface area (Å²) in [4.78, 5) is 8.10. The molecule has 1 aromatic carbocycles. The average Bonchev–Trinajstić information content (AvgIpc) is 2.54. The van der Waals surface area contributed by atoms with Gasteiger partial charge in [0.25, 0.3) is 0 Å². The number of halogens is 3. The van der Waals surface area contributed by atoms with Crippen LogP contribution < -0.4 is 5.32 Å². The van der Waals surface area contributed by atoms with Crippen LogP contribution in [0.15, 0.2) is 53.8 Å². The number of amidine groups is 1. The summed E-state index contributed by atoms with van der Waals surface area (Å²) >= 11 is 0. The fourth-order valence-electron chi connectivity index (χ4n) is 2.06. The second-order valence-corrected chi connectivity index (χ2v) is 4.61. The van der Waals surface area contributed by atoms with Gasteiger partial charge < -0.3 is 0 Å². The largest absolute Gasteiger partial charge is 0.416 e. The minimum absolute atomic E-state index is 0.117. The number of nitriles is 1. The van der Waals surface area contributed by atoms with Crippen LogP contribution in [0.3, 0.4) is 0 Å². The maximum Gasteiger partial charge on any atom is 0.416 e. The quantitative estimate of drug-likeness (QED) is 0.408. The Bertz CT molecular complexity index is 718. The van der Waals surface area contributed by atoms with E-state index in [1.165, 1.54) is 18.3 Å². The van der Waals surface area contributed by atoms with Crippen molar-refractivity contribution in [1.82, 2.24) is 10.3 Å². The number of nitrogens with one attached hydrogen (secondary N) is 1. The minimum atomic E-state index is -4.39. The Morgan fingerprint density at radius 1 is 1.22 bits per heavy atom. The molecule has 0 aliphatic heterocycles. The first-order valence-corrected chi connectivity index (χ1v) is 6.77. The molecule has 0 bridgehead atoms. The molecule has 1 N–H and O–H groups in total. The van der Waals surface area contributed by atoms with Gasteiger partial charge in [-0.1, -0.05) is 18.2 Å².